The second kappa shape index (κ2) is 12.7. The van der Waals surface area contributed by atoms with Crippen LogP contribution in [0.1, 0.15) is 22.3 Å². The second-order valence-electron chi connectivity index (χ2n) is 7.79. The average molecular weight is 551 g/mol. The minimum atomic E-state index is 0. The summed E-state index contributed by atoms with van der Waals surface area (Å²) in [7, 11) is 0. The molecule has 0 saturated heterocycles. The van der Waals surface area contributed by atoms with E-state index in [9.17, 15) is 0 Å². The van der Waals surface area contributed by atoms with Gasteiger partial charge < -0.3 is 24.8 Å². The molecular weight excluding hydrogens is 527 g/mol. The molecule has 0 heterocycles. The maximum atomic E-state index is 3.30. The molecule has 0 unspecified atom stereocenters. The number of halogens is 2. The minimum Gasteiger partial charge on any atom is -1.00 e. The van der Waals surface area contributed by atoms with Crippen molar-refractivity contribution in [1.29, 1.82) is 0 Å². The van der Waals surface area contributed by atoms with E-state index in [1.807, 2.05) is 12.1 Å². The van der Waals surface area contributed by atoms with E-state index in [1.54, 1.807) is 23.3 Å². The Kier molecular flexibility index (Phi) is 10.6. The first-order valence-corrected chi connectivity index (χ1v) is 16.5. The van der Waals surface area contributed by atoms with Crippen molar-refractivity contribution in [3.63, 3.8) is 0 Å². The predicted octanol–water partition coefficient (Wildman–Crippen LogP) is 0.908. The third kappa shape index (κ3) is 6.33. The number of hydrogen-bond acceptors (Lipinski definition) is 0. The summed E-state index contributed by atoms with van der Waals surface area (Å²) in [5.74, 6) is 0. The topological polar surface area (TPSA) is 0 Å². The van der Waals surface area contributed by atoms with Crippen molar-refractivity contribution >= 4 is 5.43 Å². The third-order valence-corrected chi connectivity index (χ3v) is 5.23. The molecule has 0 bridgehead atoms. The molecule has 0 aliphatic heterocycles. The minimum absolute atomic E-state index is 0. The molecule has 160 valence electrons. The molecule has 2 aliphatic carbocycles. The van der Waals surface area contributed by atoms with Crippen LogP contribution in [0.25, 0.3) is 22.3 Å². The van der Waals surface area contributed by atoms with Crippen molar-refractivity contribution in [3.05, 3.63) is 119 Å². The van der Waals surface area contributed by atoms with Gasteiger partial charge in [0, 0.05) is 0 Å². The SMILES string of the molecule is C[Si](C)=[Zr+2].[Cl-].[Cl-].[c-]1cccc2c1Cc1ccccc1-2.[c-]1cccc2c1Cc1ccccc1-2. The molecule has 32 heavy (non-hydrogen) atoms. The standard InChI is InChI=1S/2C13H9.C2H6Si.2ClH.Zr/c2*1-3-7-12-10(5-1)9-11-6-2-4-8-13(11)12;1-3-2;;;/h2*1-5,7-8H,9H2;1-2H3;2*1H;/q2*-1;;;;+2/p-2. The van der Waals surface area contributed by atoms with E-state index in [2.05, 4.69) is 98.0 Å². The van der Waals surface area contributed by atoms with E-state index in [0.29, 0.717) is 0 Å². The maximum Gasteiger partial charge on any atom is -0.0253 e. The van der Waals surface area contributed by atoms with Gasteiger partial charge in [-0.2, -0.15) is 59.7 Å². The van der Waals surface area contributed by atoms with Crippen LogP contribution in [0.4, 0.5) is 0 Å². The Hall–Kier alpha value is -1.44. The van der Waals surface area contributed by atoms with Gasteiger partial charge in [-0.3, -0.25) is 0 Å². The second-order valence-corrected chi connectivity index (χ2v) is 17.2. The van der Waals surface area contributed by atoms with Crippen LogP contribution < -0.4 is 24.8 Å². The smallest absolute Gasteiger partial charge is 0.0253 e. The molecule has 0 nitrogen and oxygen atoms in total. The van der Waals surface area contributed by atoms with Crippen molar-refractivity contribution in [3.8, 4) is 22.3 Å². The maximum absolute atomic E-state index is 3.30. The van der Waals surface area contributed by atoms with Gasteiger partial charge in [-0.05, 0) is 12.8 Å². The van der Waals surface area contributed by atoms with Crippen LogP contribution in [-0.2, 0) is 36.2 Å². The van der Waals surface area contributed by atoms with Crippen molar-refractivity contribution < 1.29 is 48.1 Å². The number of fused-ring (bicyclic) bond motifs is 6. The van der Waals surface area contributed by atoms with Crippen LogP contribution in [0.5, 0.6) is 0 Å². The normalized spacial score (nSPS) is 10.9. The Morgan fingerprint density at radius 3 is 1.34 bits per heavy atom. The fourth-order valence-electron chi connectivity index (χ4n) is 4.00. The molecular formula is C28H24Cl2SiZr-2. The Balaban J connectivity index is 0.000000185. The first-order valence-electron chi connectivity index (χ1n) is 10.3. The summed E-state index contributed by atoms with van der Waals surface area (Å²) in [4.78, 5) is 0. The molecule has 0 fully saturated rings. The molecule has 0 spiro atoms. The van der Waals surface area contributed by atoms with Gasteiger partial charge in [-0.1, -0.05) is 70.8 Å². The van der Waals surface area contributed by atoms with Crippen LogP contribution in [0.3, 0.4) is 0 Å². The number of hydrogen-bond donors (Lipinski definition) is 0. The summed E-state index contributed by atoms with van der Waals surface area (Å²) in [5, 5.41) is 0. The fourth-order valence-corrected chi connectivity index (χ4v) is 4.00. The predicted molar refractivity (Wildman–Crippen MR) is 125 cm³/mol. The summed E-state index contributed by atoms with van der Waals surface area (Å²) < 4.78 is 0. The molecule has 0 aromatic heterocycles. The zero-order chi connectivity index (χ0) is 20.9. The third-order valence-electron chi connectivity index (χ3n) is 5.23. The van der Waals surface area contributed by atoms with Gasteiger partial charge in [0.2, 0.25) is 0 Å². The van der Waals surface area contributed by atoms with E-state index < -0.39 is 0 Å². The van der Waals surface area contributed by atoms with E-state index in [-0.39, 0.29) is 30.2 Å². The van der Waals surface area contributed by atoms with E-state index in [1.165, 1.54) is 44.5 Å². The zero-order valence-corrected chi connectivity index (χ0v) is 23.2. The van der Waals surface area contributed by atoms with Crippen LogP contribution >= 0.6 is 0 Å². The molecule has 6 rings (SSSR count). The summed E-state index contributed by atoms with van der Waals surface area (Å²) >= 11 is 1.74. The Morgan fingerprint density at radius 1 is 0.594 bits per heavy atom. The van der Waals surface area contributed by atoms with Crippen LogP contribution in [0, 0.1) is 12.1 Å². The summed E-state index contributed by atoms with van der Waals surface area (Å²) in [6, 6.07) is 36.2. The quantitative estimate of drug-likeness (QED) is 0.195. The molecule has 4 heteroatoms. The van der Waals surface area contributed by atoms with Crippen molar-refractivity contribution in [2.45, 2.75) is 25.9 Å². The molecule has 0 N–H and O–H groups in total. The van der Waals surface area contributed by atoms with Gasteiger partial charge in [-0.25, -0.2) is 0 Å². The summed E-state index contributed by atoms with van der Waals surface area (Å²) in [5.41, 5.74) is 11.2. The van der Waals surface area contributed by atoms with Gasteiger partial charge in [0.05, 0.1) is 0 Å². The Labute approximate surface area is 219 Å². The van der Waals surface area contributed by atoms with E-state index in [4.69, 9.17) is 0 Å². The van der Waals surface area contributed by atoms with Crippen LogP contribution in [-0.4, -0.2) is 5.43 Å². The molecule has 0 atom stereocenters. The van der Waals surface area contributed by atoms with Gasteiger partial charge in [0.25, 0.3) is 0 Å². The summed E-state index contributed by atoms with van der Waals surface area (Å²) in [6.07, 6.45) is 2.10. The van der Waals surface area contributed by atoms with Gasteiger partial charge in [0.15, 0.2) is 0 Å². The largest absolute Gasteiger partial charge is 1.00 e. The Morgan fingerprint density at radius 2 is 0.938 bits per heavy atom. The van der Waals surface area contributed by atoms with E-state index in [0.717, 1.165) is 12.8 Å². The Bertz CT molecular complexity index is 1020. The fraction of sp³-hybridized carbons (Fsp3) is 0.143. The zero-order valence-electron chi connectivity index (χ0n) is 18.3. The number of rotatable bonds is 0. The molecule has 0 radical (unpaired) electrons. The number of benzene rings is 4. The first-order chi connectivity index (χ1) is 14.6. The molecule has 4 aromatic rings. The average Bonchev–Trinajstić information content (AvgIpc) is 3.32. The van der Waals surface area contributed by atoms with Crippen molar-refractivity contribution in [1.82, 2.24) is 0 Å². The van der Waals surface area contributed by atoms with Gasteiger partial charge >= 0.3 is 41.9 Å². The monoisotopic (exact) mass is 548 g/mol. The molecule has 2 aliphatic rings. The van der Waals surface area contributed by atoms with Crippen LogP contribution in [0.15, 0.2) is 84.9 Å². The van der Waals surface area contributed by atoms with Gasteiger partial charge in [-0.15, -0.1) is 11.1 Å². The molecule has 0 amide bonds. The summed E-state index contributed by atoms with van der Waals surface area (Å²) in [6.45, 7) is 4.62. The molecule has 0 saturated carbocycles. The van der Waals surface area contributed by atoms with Crippen LogP contribution in [0.2, 0.25) is 13.1 Å². The first kappa shape index (κ1) is 26.8. The molecule has 4 aromatic carbocycles. The van der Waals surface area contributed by atoms with Crippen molar-refractivity contribution in [2.24, 2.45) is 0 Å². The van der Waals surface area contributed by atoms with Crippen molar-refractivity contribution in [2.75, 3.05) is 0 Å². The van der Waals surface area contributed by atoms with Gasteiger partial charge in [0.1, 0.15) is 0 Å². The van der Waals surface area contributed by atoms with E-state index >= 15 is 0 Å².